The van der Waals surface area contributed by atoms with E-state index in [4.69, 9.17) is 9.47 Å². The number of benzene rings is 3. The van der Waals surface area contributed by atoms with Gasteiger partial charge in [-0.15, -0.1) is 0 Å². The summed E-state index contributed by atoms with van der Waals surface area (Å²) in [5, 5.41) is 0. The summed E-state index contributed by atoms with van der Waals surface area (Å²) >= 11 is 0. The molecule has 0 heterocycles. The Morgan fingerprint density at radius 3 is 1.94 bits per heavy atom. The van der Waals surface area contributed by atoms with E-state index in [1.165, 1.54) is 18.4 Å². The summed E-state index contributed by atoms with van der Waals surface area (Å²) in [6.07, 6.45) is 5.60. The molecular weight excluding hydrogens is 391 g/mol. The Labute approximate surface area is 183 Å². The lowest BCUT2D eigenvalue weighted by atomic mass is 10.0. The first-order valence-corrected chi connectivity index (χ1v) is 11.0. The fourth-order valence-electron chi connectivity index (χ4n) is 3.46. The van der Waals surface area contributed by atoms with Crippen molar-refractivity contribution in [2.45, 2.75) is 52.4 Å². The fourth-order valence-corrected chi connectivity index (χ4v) is 3.46. The van der Waals surface area contributed by atoms with Crippen LogP contribution in [-0.2, 0) is 12.8 Å². The van der Waals surface area contributed by atoms with Crippen LogP contribution in [0.15, 0.2) is 66.7 Å². The van der Waals surface area contributed by atoms with Crippen molar-refractivity contribution in [2.24, 2.45) is 0 Å². The van der Waals surface area contributed by atoms with Gasteiger partial charge in [0.15, 0.2) is 0 Å². The largest absolute Gasteiger partial charge is 0.519 e. The van der Waals surface area contributed by atoms with Crippen molar-refractivity contribution in [1.82, 2.24) is 0 Å². The zero-order chi connectivity index (χ0) is 22.1. The molecule has 0 spiro atoms. The Bertz CT molecular complexity index is 978. The lowest BCUT2D eigenvalue weighted by Crippen LogP contribution is -2.13. The Hall–Kier alpha value is -3.14. The average molecular weight is 421 g/mol. The number of unbranched alkanes of at least 4 members (excludes halogenated alkanes) is 2. The highest BCUT2D eigenvalue weighted by molar-refractivity contribution is 5.69. The molecule has 3 rings (SSSR count). The predicted molar refractivity (Wildman–Crippen MR) is 122 cm³/mol. The molecule has 3 nitrogen and oxygen atoms in total. The van der Waals surface area contributed by atoms with Gasteiger partial charge in [0.2, 0.25) is 0 Å². The van der Waals surface area contributed by atoms with Crippen molar-refractivity contribution in [1.29, 1.82) is 0 Å². The Balaban J connectivity index is 1.56. The Morgan fingerprint density at radius 1 is 0.742 bits per heavy atom. The van der Waals surface area contributed by atoms with Crippen molar-refractivity contribution in [2.75, 3.05) is 0 Å². The Kier molecular flexibility index (Phi) is 8.22. The van der Waals surface area contributed by atoms with E-state index in [9.17, 15) is 9.18 Å². The molecule has 3 aromatic carbocycles. The van der Waals surface area contributed by atoms with Crippen LogP contribution in [0.1, 0.15) is 50.7 Å². The summed E-state index contributed by atoms with van der Waals surface area (Å²) in [5.41, 5.74) is 3.45. The molecule has 4 heteroatoms. The average Bonchev–Trinajstić information content (AvgIpc) is 2.76. The van der Waals surface area contributed by atoms with Crippen LogP contribution in [0.4, 0.5) is 9.18 Å². The van der Waals surface area contributed by atoms with E-state index in [-0.39, 0.29) is 5.82 Å². The minimum atomic E-state index is -0.804. The molecule has 0 N–H and O–H groups in total. The van der Waals surface area contributed by atoms with Gasteiger partial charge in [-0.25, -0.2) is 9.18 Å². The van der Waals surface area contributed by atoms with Gasteiger partial charge in [0.05, 0.1) is 0 Å². The van der Waals surface area contributed by atoms with Crippen molar-refractivity contribution >= 4 is 6.16 Å². The van der Waals surface area contributed by atoms with E-state index in [0.717, 1.165) is 36.8 Å². The highest BCUT2D eigenvalue weighted by Crippen LogP contribution is 2.26. The molecule has 0 unspecified atom stereocenters. The van der Waals surface area contributed by atoms with E-state index in [2.05, 4.69) is 13.8 Å². The number of carbonyl (C=O) groups is 1. The summed E-state index contributed by atoms with van der Waals surface area (Å²) in [5.74, 6) is 0.528. The molecule has 0 amide bonds. The molecule has 31 heavy (non-hydrogen) atoms. The van der Waals surface area contributed by atoms with Crippen LogP contribution in [0.25, 0.3) is 11.1 Å². The number of ether oxygens (including phenoxy) is 2. The van der Waals surface area contributed by atoms with E-state index in [1.54, 1.807) is 48.5 Å². The summed E-state index contributed by atoms with van der Waals surface area (Å²) in [6.45, 7) is 4.25. The number of rotatable bonds is 9. The van der Waals surface area contributed by atoms with Gasteiger partial charge in [0, 0.05) is 5.56 Å². The fraction of sp³-hybridized carbons (Fsp3) is 0.296. The molecule has 0 bridgehead atoms. The second-order valence-corrected chi connectivity index (χ2v) is 7.64. The quantitative estimate of drug-likeness (QED) is 0.202. The van der Waals surface area contributed by atoms with E-state index in [1.807, 2.05) is 18.2 Å². The second-order valence-electron chi connectivity index (χ2n) is 7.64. The van der Waals surface area contributed by atoms with Crippen LogP contribution < -0.4 is 9.47 Å². The van der Waals surface area contributed by atoms with Crippen LogP contribution in [0.3, 0.4) is 0 Å². The number of aryl methyl sites for hydroxylation is 2. The van der Waals surface area contributed by atoms with E-state index < -0.39 is 6.16 Å². The zero-order valence-electron chi connectivity index (χ0n) is 18.2. The molecule has 0 aliphatic rings. The van der Waals surface area contributed by atoms with Gasteiger partial charge < -0.3 is 9.47 Å². The third kappa shape index (κ3) is 6.68. The first kappa shape index (κ1) is 22.5. The van der Waals surface area contributed by atoms with Crippen LogP contribution in [0.5, 0.6) is 11.5 Å². The van der Waals surface area contributed by atoms with Gasteiger partial charge in [0.25, 0.3) is 0 Å². The molecule has 0 aliphatic heterocycles. The molecular formula is C27H29FO3. The number of halogens is 1. The minimum Gasteiger partial charge on any atom is -0.395 e. The minimum absolute atomic E-state index is 0.253. The van der Waals surface area contributed by atoms with Crippen molar-refractivity contribution in [3.8, 4) is 22.6 Å². The second kappa shape index (κ2) is 11.3. The summed E-state index contributed by atoms with van der Waals surface area (Å²) in [6, 6.07) is 19.5. The molecule has 0 aromatic heterocycles. The smallest absolute Gasteiger partial charge is 0.395 e. The third-order valence-corrected chi connectivity index (χ3v) is 5.13. The van der Waals surface area contributed by atoms with Gasteiger partial charge in [0.1, 0.15) is 17.3 Å². The number of carbonyl (C=O) groups excluding carboxylic acids is 1. The standard InChI is InChI=1S/C27H29FO3/c1-3-5-6-8-20-9-14-23(15-10-20)30-27(29)31-24-16-12-22(13-17-24)25-18-11-21(7-4-2)19-26(25)28/h9-19H,3-8H2,1-2H3. The van der Waals surface area contributed by atoms with Gasteiger partial charge >= 0.3 is 6.16 Å². The highest BCUT2D eigenvalue weighted by Gasteiger charge is 2.10. The summed E-state index contributed by atoms with van der Waals surface area (Å²) in [7, 11) is 0. The van der Waals surface area contributed by atoms with Crippen molar-refractivity contribution in [3.63, 3.8) is 0 Å². The number of hydrogen-bond acceptors (Lipinski definition) is 3. The molecule has 0 atom stereocenters. The molecule has 0 aliphatic carbocycles. The lowest BCUT2D eigenvalue weighted by molar-refractivity contribution is 0.152. The van der Waals surface area contributed by atoms with Gasteiger partial charge in [-0.05, 0) is 66.3 Å². The van der Waals surface area contributed by atoms with Crippen molar-refractivity contribution < 1.29 is 18.7 Å². The van der Waals surface area contributed by atoms with Gasteiger partial charge in [-0.3, -0.25) is 0 Å². The molecule has 3 aromatic rings. The maximum absolute atomic E-state index is 14.4. The first-order valence-electron chi connectivity index (χ1n) is 11.0. The monoisotopic (exact) mass is 420 g/mol. The zero-order valence-corrected chi connectivity index (χ0v) is 18.2. The maximum atomic E-state index is 14.4. The van der Waals surface area contributed by atoms with Crippen LogP contribution in [-0.4, -0.2) is 6.16 Å². The summed E-state index contributed by atoms with van der Waals surface area (Å²) < 4.78 is 24.9. The topological polar surface area (TPSA) is 35.5 Å². The molecule has 0 radical (unpaired) electrons. The van der Waals surface area contributed by atoms with E-state index >= 15 is 0 Å². The van der Waals surface area contributed by atoms with E-state index in [0.29, 0.717) is 17.1 Å². The SMILES string of the molecule is CCCCCc1ccc(OC(=O)Oc2ccc(-c3ccc(CCC)cc3F)cc2)cc1. The third-order valence-electron chi connectivity index (χ3n) is 5.13. The normalized spacial score (nSPS) is 10.7. The molecule has 0 saturated carbocycles. The lowest BCUT2D eigenvalue weighted by Gasteiger charge is -2.09. The van der Waals surface area contributed by atoms with Crippen LogP contribution in [0.2, 0.25) is 0 Å². The highest BCUT2D eigenvalue weighted by atomic mass is 19.1. The maximum Gasteiger partial charge on any atom is 0.519 e. The summed E-state index contributed by atoms with van der Waals surface area (Å²) in [4.78, 5) is 12.1. The Morgan fingerprint density at radius 2 is 1.35 bits per heavy atom. The molecule has 162 valence electrons. The van der Waals surface area contributed by atoms with Gasteiger partial charge in [-0.2, -0.15) is 0 Å². The van der Waals surface area contributed by atoms with Crippen molar-refractivity contribution in [3.05, 3.63) is 83.7 Å². The number of hydrogen-bond donors (Lipinski definition) is 0. The molecule has 0 fully saturated rings. The predicted octanol–water partition coefficient (Wildman–Crippen LogP) is 7.76. The van der Waals surface area contributed by atoms with Crippen LogP contribution in [0, 0.1) is 5.82 Å². The first-order chi connectivity index (χ1) is 15.1. The van der Waals surface area contributed by atoms with Crippen LogP contribution >= 0.6 is 0 Å². The van der Waals surface area contributed by atoms with Gasteiger partial charge in [-0.1, -0.05) is 69.5 Å². The molecule has 0 saturated heterocycles.